The highest BCUT2D eigenvalue weighted by Crippen LogP contribution is 2.72. The molecule has 22 heteroatoms. The molecule has 2 unspecified atom stereocenters. The second-order valence-electron chi connectivity index (χ2n) is 36.9. The van der Waals surface area contributed by atoms with Gasteiger partial charge in [-0.1, -0.05) is 113 Å². The maximum Gasteiger partial charge on any atom is 0.262 e. The van der Waals surface area contributed by atoms with Gasteiger partial charge in [0, 0.05) is 103 Å². The molecule has 16 bridgehead atoms. The molecule has 0 amide bonds. The van der Waals surface area contributed by atoms with Gasteiger partial charge in [0.2, 0.25) is 5.78 Å². The first kappa shape index (κ1) is 84.4. The molecule has 4 N–H and O–H groups in total. The number of aryl methyl sites for hydroxylation is 1. The molecule has 3 aliphatic heterocycles. The van der Waals surface area contributed by atoms with Gasteiger partial charge in [-0.3, -0.25) is 29.7 Å². The zero-order valence-electron chi connectivity index (χ0n) is 69.4. The van der Waals surface area contributed by atoms with Crippen LogP contribution in [0.15, 0.2) is 192 Å². The largest absolute Gasteiger partial charge is 0.506 e. The van der Waals surface area contributed by atoms with E-state index in [0.717, 1.165) is 138 Å². The Balaban J connectivity index is 0.000000109. The average molecular weight is 1730 g/mol. The number of benzene rings is 3. The number of ether oxygens (including phenoxy) is 4. The van der Waals surface area contributed by atoms with Crippen LogP contribution in [0, 0.1) is 102 Å². The van der Waals surface area contributed by atoms with Crippen molar-refractivity contribution in [2.24, 2.45) is 94.7 Å². The number of aromatic nitrogens is 3. The SMILES string of the molecule is COC(=C1C2CC3CC(C2)CC1C3)c1ccc(/C=C/c2ccncc2)c(O)c1Cl.COC(=C1C2CC3CC(C2)CC1C3)c1ccc(C=O)c(O)c1Cl.COC1(C2=C(Cl)C(=O)C(=CC=C3C=CN(O)C=C3)C=C2)OOC12C1CC3CC(C1)CC2C3.COC1(c2ccc(/C=C/c3ccncc3)c(O)c2Cl)OOC12C1CC3CC(C1)CC2C3.Cc1ccncc1. The number of halogens is 4. The summed E-state index contributed by atoms with van der Waals surface area (Å²) in [4.78, 5) is 59.6. The monoisotopic (exact) mass is 1730 g/mol. The maximum atomic E-state index is 13.2. The van der Waals surface area contributed by atoms with E-state index in [2.05, 4.69) is 15.0 Å². The van der Waals surface area contributed by atoms with Gasteiger partial charge < -0.3 is 34.3 Å². The Hall–Kier alpha value is -8.47. The van der Waals surface area contributed by atoms with Crippen molar-refractivity contribution in [3.8, 4) is 17.2 Å². The summed E-state index contributed by atoms with van der Waals surface area (Å²) in [5.74, 6) is 9.71. The second-order valence-corrected chi connectivity index (χ2v) is 38.4. The van der Waals surface area contributed by atoms with Crippen molar-refractivity contribution in [1.29, 1.82) is 0 Å². The summed E-state index contributed by atoms with van der Waals surface area (Å²) < 4.78 is 23.8. The minimum absolute atomic E-state index is 0.0235. The molecule has 18 fully saturated rings. The standard InChI is InChI=1S/C25H26ClNO5.C25H26ClNO4.C25H26ClNO2.C19H21ClO3.C6H7N/c1-30-25(24(31-32-25)19-11-16-10-17(13-19)14-20(24)12-16)21-5-4-18(23(28)22(21)26)3-2-15-6-8-27(29)9-7-15;1-29-25(24(30-31-25)19-11-16-10-17(13-19)14-20(24)12-16)21-5-4-18(23(28)22(21)26)3-2-15-6-8-27-9-7-15;1-29-25(22-19-11-16-10-17(13-19)14-20(22)12-16)21-5-4-18(24(28)23(21)26)3-2-15-6-8-27-9-7-15;1-23-19(15-3-2-12(9-21)18(22)17(15)20)16-13-5-10-4-11(7-13)8-14(16)6-10;1-6-2-4-7-5-3-6/h2-9,16-17,19-20,29H,10-14H2,1H3;2-9,16-17,19-20,28H,10-14H2,1H3;2-9,16-17,19-20,28H,10-14H2,1H3;2-3,9-11,13-14,22H,4-8H2,1H3;2-5H,1H3/b;3-2+;3-2+,25-22?;;. The van der Waals surface area contributed by atoms with Crippen LogP contribution in [0.1, 0.15) is 183 Å². The smallest absolute Gasteiger partial charge is 0.262 e. The van der Waals surface area contributed by atoms with E-state index in [1.807, 2.05) is 98.0 Å². The fraction of sp³-hybridized carbons (Fsp3) is 0.450. The first-order chi connectivity index (χ1) is 59.2. The van der Waals surface area contributed by atoms with Crippen LogP contribution in [-0.4, -0.2) is 98.0 Å². The summed E-state index contributed by atoms with van der Waals surface area (Å²) in [5, 5.41) is 43.1. The van der Waals surface area contributed by atoms with Crippen LogP contribution < -0.4 is 0 Å². The molecule has 122 heavy (non-hydrogen) atoms. The number of ketones is 1. The second kappa shape index (κ2) is 34.8. The summed E-state index contributed by atoms with van der Waals surface area (Å²) >= 11 is 26.4. The number of carbonyl (C=O) groups is 2. The van der Waals surface area contributed by atoms with Gasteiger partial charge >= 0.3 is 0 Å². The van der Waals surface area contributed by atoms with Crippen molar-refractivity contribution in [2.45, 2.75) is 158 Å². The van der Waals surface area contributed by atoms with E-state index in [1.165, 1.54) is 106 Å². The lowest BCUT2D eigenvalue weighted by molar-refractivity contribution is -0.645. The van der Waals surface area contributed by atoms with Gasteiger partial charge in [0.15, 0.2) is 17.5 Å². The molecule has 17 aliphatic carbocycles. The molecule has 18 nitrogen and oxygen atoms in total. The quantitative estimate of drug-likeness (QED) is 0.0344. The molecule has 20 aliphatic rings. The van der Waals surface area contributed by atoms with Crippen LogP contribution in [0.3, 0.4) is 0 Å². The molecule has 638 valence electrons. The van der Waals surface area contributed by atoms with Crippen LogP contribution in [0.5, 0.6) is 17.2 Å². The van der Waals surface area contributed by atoms with Crippen molar-refractivity contribution >= 4 is 94.3 Å². The van der Waals surface area contributed by atoms with Gasteiger partial charge in [0.05, 0.1) is 39.9 Å². The van der Waals surface area contributed by atoms with Gasteiger partial charge in [-0.15, -0.1) is 0 Å². The zero-order valence-corrected chi connectivity index (χ0v) is 72.5. The van der Waals surface area contributed by atoms with E-state index >= 15 is 0 Å². The number of Topliss-reactive ketones (excluding diaryl/α,β-unsaturated/α-hetero) is 1. The molecule has 6 heterocycles. The summed E-state index contributed by atoms with van der Waals surface area (Å²) in [6.45, 7) is 2.04. The minimum atomic E-state index is -1.15. The Morgan fingerprint density at radius 2 is 0.820 bits per heavy atom. The molecule has 2 saturated heterocycles. The highest BCUT2D eigenvalue weighted by atomic mass is 35.5. The number of phenols is 3. The lowest BCUT2D eigenvalue weighted by Gasteiger charge is -2.69. The van der Waals surface area contributed by atoms with Gasteiger partial charge in [-0.05, 0) is 330 Å². The molecule has 3 aromatic carbocycles. The van der Waals surface area contributed by atoms with Crippen molar-refractivity contribution in [3.63, 3.8) is 0 Å². The number of hydroxylamine groups is 2. The Kier molecular flexibility index (Phi) is 24.1. The lowest BCUT2D eigenvalue weighted by Crippen LogP contribution is -2.78. The predicted octanol–water partition coefficient (Wildman–Crippen LogP) is 22.8. The number of methoxy groups -OCH3 is 4. The molecular weight excluding hydrogens is 1620 g/mol. The van der Waals surface area contributed by atoms with E-state index < -0.39 is 22.8 Å². The summed E-state index contributed by atoms with van der Waals surface area (Å²) in [7, 11) is 6.68. The van der Waals surface area contributed by atoms with E-state index in [-0.39, 0.29) is 43.7 Å². The van der Waals surface area contributed by atoms with Crippen LogP contribution in [-0.2, 0) is 49.1 Å². The number of aromatic hydroxyl groups is 3. The molecular formula is C100H106Cl4N4O14. The van der Waals surface area contributed by atoms with E-state index in [0.29, 0.717) is 92.1 Å². The van der Waals surface area contributed by atoms with Crippen molar-refractivity contribution in [3.05, 3.63) is 257 Å². The highest BCUT2D eigenvalue weighted by molar-refractivity contribution is 6.46. The number of allylic oxidation sites excluding steroid dienone is 10. The Bertz CT molecular complexity index is 5190. The fourth-order valence-electron chi connectivity index (χ4n) is 25.7. The predicted molar refractivity (Wildman–Crippen MR) is 469 cm³/mol. The van der Waals surface area contributed by atoms with Gasteiger partial charge in [0.1, 0.15) is 28.8 Å². The maximum absolute atomic E-state index is 13.2. The fourth-order valence-corrected chi connectivity index (χ4v) is 26.8. The van der Waals surface area contributed by atoms with Crippen LogP contribution >= 0.6 is 46.4 Å². The van der Waals surface area contributed by atoms with E-state index in [4.69, 9.17) is 84.9 Å². The molecule has 26 rings (SSSR count). The van der Waals surface area contributed by atoms with Crippen LogP contribution in [0.25, 0.3) is 35.8 Å². The summed E-state index contributed by atoms with van der Waals surface area (Å²) in [6, 6.07) is 22.7. The number of hydrogen-bond acceptors (Lipinski definition) is 18. The summed E-state index contributed by atoms with van der Waals surface area (Å²) in [6.07, 6.45) is 57.1. The number of carbonyl (C=O) groups excluding carboxylic acids is 2. The highest BCUT2D eigenvalue weighted by Gasteiger charge is 2.79. The Morgan fingerprint density at radius 3 is 1.20 bits per heavy atom. The number of pyridine rings is 3. The number of aldehydes is 1. The van der Waals surface area contributed by atoms with Crippen molar-refractivity contribution in [1.82, 2.24) is 20.0 Å². The van der Waals surface area contributed by atoms with E-state index in [9.17, 15) is 30.1 Å². The van der Waals surface area contributed by atoms with Gasteiger partial charge in [-0.25, -0.2) is 14.8 Å². The third-order valence-electron chi connectivity index (χ3n) is 30.2. The molecule has 3 aromatic heterocycles. The third-order valence-corrected chi connectivity index (χ3v) is 31.8. The first-order valence-electron chi connectivity index (χ1n) is 43.5. The van der Waals surface area contributed by atoms with Crippen LogP contribution in [0.2, 0.25) is 15.1 Å². The summed E-state index contributed by atoms with van der Waals surface area (Å²) in [5.41, 5.74) is 10.6. The Labute approximate surface area is 733 Å². The molecule has 16 saturated carbocycles. The lowest BCUT2D eigenvalue weighted by atomic mass is 9.47. The van der Waals surface area contributed by atoms with Gasteiger partial charge in [-0.2, -0.15) is 9.78 Å². The molecule has 6 aromatic rings. The normalized spacial score (nSPS) is 34.0. The minimum Gasteiger partial charge on any atom is -0.506 e. The zero-order chi connectivity index (χ0) is 84.5. The molecule has 2 atom stereocenters. The number of nitrogens with zero attached hydrogens (tertiary/aromatic N) is 4. The average Bonchev–Trinajstić information content (AvgIpc) is 0.671. The number of hydrogen-bond donors (Lipinski definition) is 4. The topological polar surface area (TPSA) is 231 Å². The van der Waals surface area contributed by atoms with Crippen LogP contribution in [0.4, 0.5) is 0 Å². The third kappa shape index (κ3) is 15.1. The first-order valence-corrected chi connectivity index (χ1v) is 45.0. The number of phenolic OH excluding ortho intramolecular Hbond substituents is 3. The van der Waals surface area contributed by atoms with Crippen molar-refractivity contribution < 1.29 is 68.6 Å². The number of rotatable bonds is 14. The van der Waals surface area contributed by atoms with Crippen molar-refractivity contribution in [2.75, 3.05) is 28.4 Å². The van der Waals surface area contributed by atoms with E-state index in [1.54, 1.807) is 108 Å². The molecule has 2 spiro atoms. The molecule has 0 radical (unpaired) electrons. The van der Waals surface area contributed by atoms with Gasteiger partial charge in [0.25, 0.3) is 11.6 Å². The Morgan fingerprint density at radius 1 is 0.443 bits per heavy atom.